The minimum absolute atomic E-state index is 0.00972. The van der Waals surface area contributed by atoms with E-state index in [1.165, 1.54) is 6.42 Å². The molecule has 1 amide bonds. The number of carbonyl (C=O) groups excluding carboxylic acids is 1. The predicted molar refractivity (Wildman–Crippen MR) is 76.3 cm³/mol. The summed E-state index contributed by atoms with van der Waals surface area (Å²) < 4.78 is 5.25. The van der Waals surface area contributed by atoms with Crippen LogP contribution in [0.3, 0.4) is 0 Å². The Morgan fingerprint density at radius 1 is 1.42 bits per heavy atom. The van der Waals surface area contributed by atoms with Crippen molar-refractivity contribution >= 4 is 11.6 Å². The molecule has 1 saturated heterocycles. The fourth-order valence-electron chi connectivity index (χ4n) is 2.65. The molecule has 0 aliphatic carbocycles. The number of hydrogen-bond acceptors (Lipinski definition) is 3. The number of carbonyl (C=O) groups is 1. The van der Waals surface area contributed by atoms with Crippen molar-refractivity contribution in [3.05, 3.63) is 23.8 Å². The second-order valence-electron chi connectivity index (χ2n) is 5.07. The number of rotatable bonds is 3. The molecule has 0 bridgehead atoms. The van der Waals surface area contributed by atoms with Crippen LogP contribution >= 0.6 is 0 Å². The number of methoxy groups -OCH3 is 1. The summed E-state index contributed by atoms with van der Waals surface area (Å²) in [5.74, 6) is 1.30. The molecule has 0 radical (unpaired) electrons. The van der Waals surface area contributed by atoms with Gasteiger partial charge in [-0.15, -0.1) is 0 Å². The Kier molecular flexibility index (Phi) is 4.30. The van der Waals surface area contributed by atoms with E-state index in [4.69, 9.17) is 10.5 Å². The lowest BCUT2D eigenvalue weighted by molar-refractivity contribution is 0.0686. The van der Waals surface area contributed by atoms with Gasteiger partial charge in [0.1, 0.15) is 11.3 Å². The summed E-state index contributed by atoms with van der Waals surface area (Å²) in [6.45, 7) is 3.84. The van der Waals surface area contributed by atoms with E-state index in [2.05, 4.69) is 6.92 Å². The topological polar surface area (TPSA) is 55.6 Å². The highest BCUT2D eigenvalue weighted by atomic mass is 16.5. The van der Waals surface area contributed by atoms with Crippen molar-refractivity contribution in [1.82, 2.24) is 4.90 Å². The van der Waals surface area contributed by atoms with Crippen LogP contribution in [0.5, 0.6) is 5.75 Å². The average molecular weight is 262 g/mol. The number of piperidine rings is 1. The maximum absolute atomic E-state index is 12.6. The van der Waals surface area contributed by atoms with Crippen LogP contribution in [0.15, 0.2) is 18.2 Å². The molecule has 1 fully saturated rings. The molecule has 104 valence electrons. The highest BCUT2D eigenvalue weighted by Crippen LogP contribution is 2.28. The van der Waals surface area contributed by atoms with Crippen LogP contribution in [0.1, 0.15) is 36.5 Å². The first-order valence-electron chi connectivity index (χ1n) is 6.89. The molecule has 4 nitrogen and oxygen atoms in total. The van der Waals surface area contributed by atoms with Gasteiger partial charge in [0.05, 0.1) is 7.11 Å². The molecule has 0 atom stereocenters. The number of nitrogens with zero attached hydrogens (tertiary/aromatic N) is 1. The number of ether oxygens (including phenoxy) is 1. The highest BCUT2D eigenvalue weighted by molar-refractivity contribution is 6.01. The van der Waals surface area contributed by atoms with Crippen LogP contribution in [-0.4, -0.2) is 31.0 Å². The minimum atomic E-state index is -0.00972. The van der Waals surface area contributed by atoms with Gasteiger partial charge in [0.15, 0.2) is 0 Å². The number of nitrogens with two attached hydrogens (primary N) is 1. The van der Waals surface area contributed by atoms with Crippen molar-refractivity contribution < 1.29 is 9.53 Å². The molecule has 2 N–H and O–H groups in total. The van der Waals surface area contributed by atoms with Gasteiger partial charge in [-0.3, -0.25) is 4.79 Å². The Hall–Kier alpha value is -1.71. The smallest absolute Gasteiger partial charge is 0.259 e. The number of amides is 1. The Bertz CT molecular complexity index is 451. The summed E-state index contributed by atoms with van der Waals surface area (Å²) in [6.07, 6.45) is 3.35. The molecule has 0 unspecified atom stereocenters. The molecule has 4 heteroatoms. The highest BCUT2D eigenvalue weighted by Gasteiger charge is 2.26. The third-order valence-corrected chi connectivity index (χ3v) is 3.97. The van der Waals surface area contributed by atoms with Gasteiger partial charge >= 0.3 is 0 Å². The van der Waals surface area contributed by atoms with Gasteiger partial charge in [-0.1, -0.05) is 19.4 Å². The van der Waals surface area contributed by atoms with E-state index in [0.29, 0.717) is 17.0 Å². The Morgan fingerprint density at radius 3 is 2.68 bits per heavy atom. The monoisotopic (exact) mass is 262 g/mol. The SMILES string of the molecule is CCC1CCN(C(=O)c2c(N)cccc2OC)CC1. The maximum Gasteiger partial charge on any atom is 0.259 e. The van der Waals surface area contributed by atoms with Crippen molar-refractivity contribution in [1.29, 1.82) is 0 Å². The third kappa shape index (κ3) is 2.83. The van der Waals surface area contributed by atoms with Gasteiger partial charge in [-0.2, -0.15) is 0 Å². The second-order valence-corrected chi connectivity index (χ2v) is 5.07. The van der Waals surface area contributed by atoms with Crippen molar-refractivity contribution in [3.8, 4) is 5.75 Å². The van der Waals surface area contributed by atoms with Crippen LogP contribution in [-0.2, 0) is 0 Å². The van der Waals surface area contributed by atoms with Crippen molar-refractivity contribution in [2.75, 3.05) is 25.9 Å². The minimum Gasteiger partial charge on any atom is -0.496 e. The summed E-state index contributed by atoms with van der Waals surface area (Å²) in [5.41, 5.74) is 6.92. The Labute approximate surface area is 114 Å². The van der Waals surface area contributed by atoms with Crippen molar-refractivity contribution in [2.45, 2.75) is 26.2 Å². The molecule has 1 heterocycles. The summed E-state index contributed by atoms with van der Waals surface area (Å²) in [5, 5.41) is 0. The zero-order valence-corrected chi connectivity index (χ0v) is 11.7. The van der Waals surface area contributed by atoms with Crippen molar-refractivity contribution in [3.63, 3.8) is 0 Å². The lowest BCUT2D eigenvalue weighted by Gasteiger charge is -2.32. The molecular weight excluding hydrogens is 240 g/mol. The molecule has 1 aromatic rings. The van der Waals surface area contributed by atoms with Crippen LogP contribution in [0.2, 0.25) is 0 Å². The first-order chi connectivity index (χ1) is 9.17. The number of hydrogen-bond donors (Lipinski definition) is 1. The molecule has 1 aliphatic heterocycles. The standard InChI is InChI=1S/C15H22N2O2/c1-3-11-7-9-17(10-8-11)15(18)14-12(16)5-4-6-13(14)19-2/h4-6,11H,3,7-10,16H2,1-2H3. The quantitative estimate of drug-likeness (QED) is 0.852. The number of anilines is 1. The van der Waals surface area contributed by atoms with E-state index < -0.39 is 0 Å². The first-order valence-corrected chi connectivity index (χ1v) is 6.89. The van der Waals surface area contributed by atoms with E-state index in [0.717, 1.165) is 31.8 Å². The molecule has 1 aromatic carbocycles. The number of likely N-dealkylation sites (tertiary alicyclic amines) is 1. The summed E-state index contributed by atoms with van der Waals surface area (Å²) in [4.78, 5) is 14.5. The second kappa shape index (κ2) is 5.95. The molecule has 0 spiro atoms. The van der Waals surface area contributed by atoms with E-state index >= 15 is 0 Å². The van der Waals surface area contributed by atoms with E-state index in [1.54, 1.807) is 25.3 Å². The van der Waals surface area contributed by atoms with E-state index in [-0.39, 0.29) is 5.91 Å². The predicted octanol–water partition coefficient (Wildman–Crippen LogP) is 2.54. The van der Waals surface area contributed by atoms with Crippen LogP contribution in [0, 0.1) is 5.92 Å². The summed E-state index contributed by atoms with van der Waals surface area (Å²) in [7, 11) is 1.56. The van der Waals surface area contributed by atoms with Crippen LogP contribution in [0.4, 0.5) is 5.69 Å². The van der Waals surface area contributed by atoms with Crippen LogP contribution in [0.25, 0.3) is 0 Å². The molecule has 19 heavy (non-hydrogen) atoms. The van der Waals surface area contributed by atoms with Gasteiger partial charge in [0.25, 0.3) is 5.91 Å². The third-order valence-electron chi connectivity index (χ3n) is 3.97. The summed E-state index contributed by atoms with van der Waals surface area (Å²) in [6, 6.07) is 5.32. The summed E-state index contributed by atoms with van der Waals surface area (Å²) >= 11 is 0. The van der Waals surface area contributed by atoms with Crippen LogP contribution < -0.4 is 10.5 Å². The average Bonchev–Trinajstić information content (AvgIpc) is 2.46. The largest absolute Gasteiger partial charge is 0.496 e. The zero-order valence-electron chi connectivity index (χ0n) is 11.7. The van der Waals surface area contributed by atoms with Crippen molar-refractivity contribution in [2.24, 2.45) is 5.92 Å². The van der Waals surface area contributed by atoms with Gasteiger partial charge in [-0.25, -0.2) is 0 Å². The van der Waals surface area contributed by atoms with E-state index in [1.807, 2.05) is 4.90 Å². The lowest BCUT2D eigenvalue weighted by atomic mass is 9.94. The Balaban J connectivity index is 2.16. The molecular formula is C15H22N2O2. The maximum atomic E-state index is 12.6. The van der Waals surface area contributed by atoms with Gasteiger partial charge in [0.2, 0.25) is 0 Å². The molecule has 2 rings (SSSR count). The van der Waals surface area contributed by atoms with Gasteiger partial charge in [0, 0.05) is 18.8 Å². The molecule has 1 aliphatic rings. The number of benzene rings is 1. The van der Waals surface area contributed by atoms with Gasteiger partial charge in [-0.05, 0) is 30.9 Å². The van der Waals surface area contributed by atoms with Gasteiger partial charge < -0.3 is 15.4 Å². The zero-order chi connectivity index (χ0) is 13.8. The molecule has 0 saturated carbocycles. The Morgan fingerprint density at radius 2 is 2.11 bits per heavy atom. The first kappa shape index (κ1) is 13.7. The fourth-order valence-corrected chi connectivity index (χ4v) is 2.65. The van der Waals surface area contributed by atoms with E-state index in [9.17, 15) is 4.79 Å². The number of nitrogen functional groups attached to an aromatic ring is 1. The lowest BCUT2D eigenvalue weighted by Crippen LogP contribution is -2.38. The fraction of sp³-hybridized carbons (Fsp3) is 0.533. The molecule has 0 aromatic heterocycles. The normalized spacial score (nSPS) is 16.4.